The van der Waals surface area contributed by atoms with Crippen molar-refractivity contribution < 1.29 is 14.3 Å². The van der Waals surface area contributed by atoms with Crippen molar-refractivity contribution in [3.63, 3.8) is 0 Å². The van der Waals surface area contributed by atoms with E-state index in [0.29, 0.717) is 21.2 Å². The quantitative estimate of drug-likeness (QED) is 0.882. The Bertz CT molecular complexity index is 626. The lowest BCUT2D eigenvalue weighted by molar-refractivity contribution is 0.0696. The molecule has 0 aromatic heterocycles. The van der Waals surface area contributed by atoms with E-state index < -0.39 is 11.8 Å². The maximum Gasteiger partial charge on any atom is 0.335 e. The minimum Gasteiger partial charge on any atom is -0.478 e. The summed E-state index contributed by atoms with van der Waals surface area (Å²) in [5, 5.41) is 9.67. The van der Waals surface area contributed by atoms with Gasteiger partial charge in [-0.2, -0.15) is 0 Å². The fourth-order valence-corrected chi connectivity index (χ4v) is 2.11. The van der Waals surface area contributed by atoms with E-state index in [9.17, 15) is 9.18 Å². The molecule has 0 amide bonds. The van der Waals surface area contributed by atoms with E-state index in [1.807, 2.05) is 0 Å². The zero-order valence-electron chi connectivity index (χ0n) is 8.95. The van der Waals surface area contributed by atoms with Crippen LogP contribution in [0.15, 0.2) is 36.4 Å². The number of carboxylic acid groups (broad SMARTS) is 1. The van der Waals surface area contributed by atoms with Gasteiger partial charge in [-0.1, -0.05) is 29.3 Å². The van der Waals surface area contributed by atoms with Crippen LogP contribution in [0, 0.1) is 5.82 Å². The summed E-state index contributed by atoms with van der Waals surface area (Å²) in [7, 11) is 0. The van der Waals surface area contributed by atoms with Crippen molar-refractivity contribution in [1.29, 1.82) is 0 Å². The number of hydrogen-bond donors (Lipinski definition) is 1. The van der Waals surface area contributed by atoms with Gasteiger partial charge >= 0.3 is 5.97 Å². The van der Waals surface area contributed by atoms with Crippen LogP contribution in [-0.4, -0.2) is 11.1 Å². The monoisotopic (exact) mass is 284 g/mol. The SMILES string of the molecule is O=C(O)c1cc(F)cc(-c2ccc(Cl)cc2Cl)c1. The molecular formula is C13H7Cl2FO2. The van der Waals surface area contributed by atoms with Gasteiger partial charge in [0.15, 0.2) is 0 Å². The number of hydrogen-bond acceptors (Lipinski definition) is 1. The largest absolute Gasteiger partial charge is 0.478 e. The third-order valence-electron chi connectivity index (χ3n) is 2.39. The molecule has 92 valence electrons. The highest BCUT2D eigenvalue weighted by Gasteiger charge is 2.10. The summed E-state index contributed by atoms with van der Waals surface area (Å²) in [5.41, 5.74) is 0.799. The molecule has 0 bridgehead atoms. The van der Waals surface area contributed by atoms with Crippen LogP contribution in [0.5, 0.6) is 0 Å². The lowest BCUT2D eigenvalue weighted by Gasteiger charge is -2.06. The van der Waals surface area contributed by atoms with Crippen LogP contribution in [0.2, 0.25) is 10.0 Å². The number of carbonyl (C=O) groups is 1. The van der Waals surface area contributed by atoms with Crippen molar-refractivity contribution in [2.45, 2.75) is 0 Å². The molecule has 2 aromatic rings. The van der Waals surface area contributed by atoms with Gasteiger partial charge in [-0.05, 0) is 35.9 Å². The van der Waals surface area contributed by atoms with Crippen molar-refractivity contribution in [3.05, 3.63) is 57.8 Å². The highest BCUT2D eigenvalue weighted by atomic mass is 35.5. The third-order valence-corrected chi connectivity index (χ3v) is 2.93. The van der Waals surface area contributed by atoms with Gasteiger partial charge in [-0.25, -0.2) is 9.18 Å². The van der Waals surface area contributed by atoms with Crippen LogP contribution in [0.4, 0.5) is 4.39 Å². The predicted octanol–water partition coefficient (Wildman–Crippen LogP) is 4.50. The van der Waals surface area contributed by atoms with Gasteiger partial charge in [0, 0.05) is 15.6 Å². The molecule has 0 atom stereocenters. The molecule has 18 heavy (non-hydrogen) atoms. The second-order valence-electron chi connectivity index (χ2n) is 3.66. The first-order chi connectivity index (χ1) is 8.47. The summed E-state index contributed by atoms with van der Waals surface area (Å²) < 4.78 is 13.4. The molecule has 0 radical (unpaired) electrons. The number of aromatic carboxylic acids is 1. The number of rotatable bonds is 2. The summed E-state index contributed by atoms with van der Waals surface area (Å²) in [5.74, 6) is -1.82. The fraction of sp³-hybridized carbons (Fsp3) is 0. The first-order valence-electron chi connectivity index (χ1n) is 4.96. The minimum atomic E-state index is -1.19. The lowest BCUT2D eigenvalue weighted by Crippen LogP contribution is -1.97. The maximum atomic E-state index is 13.4. The van der Waals surface area contributed by atoms with E-state index in [-0.39, 0.29) is 5.56 Å². The third kappa shape index (κ3) is 2.63. The first-order valence-corrected chi connectivity index (χ1v) is 5.72. The van der Waals surface area contributed by atoms with E-state index in [1.165, 1.54) is 18.2 Å². The van der Waals surface area contributed by atoms with Gasteiger partial charge in [0.05, 0.1) is 5.56 Å². The summed E-state index contributed by atoms with van der Waals surface area (Å²) >= 11 is 11.8. The Kier molecular flexibility index (Phi) is 3.55. The number of halogens is 3. The zero-order chi connectivity index (χ0) is 13.3. The molecular weight excluding hydrogens is 278 g/mol. The second-order valence-corrected chi connectivity index (χ2v) is 4.50. The molecule has 2 aromatic carbocycles. The lowest BCUT2D eigenvalue weighted by atomic mass is 10.0. The van der Waals surface area contributed by atoms with E-state index >= 15 is 0 Å². The Morgan fingerprint density at radius 3 is 2.44 bits per heavy atom. The molecule has 2 rings (SSSR count). The van der Waals surface area contributed by atoms with Crippen molar-refractivity contribution in [3.8, 4) is 11.1 Å². The zero-order valence-corrected chi connectivity index (χ0v) is 10.5. The fourth-order valence-electron chi connectivity index (χ4n) is 1.59. The van der Waals surface area contributed by atoms with E-state index in [1.54, 1.807) is 12.1 Å². The Morgan fingerprint density at radius 1 is 1.11 bits per heavy atom. The van der Waals surface area contributed by atoms with Gasteiger partial charge < -0.3 is 5.11 Å². The van der Waals surface area contributed by atoms with Crippen LogP contribution in [0.25, 0.3) is 11.1 Å². The smallest absolute Gasteiger partial charge is 0.335 e. The molecule has 0 aliphatic carbocycles. The topological polar surface area (TPSA) is 37.3 Å². The van der Waals surface area contributed by atoms with Crippen molar-refractivity contribution >= 4 is 29.2 Å². The molecule has 0 aliphatic rings. The van der Waals surface area contributed by atoms with Gasteiger partial charge in [0.1, 0.15) is 5.82 Å². The highest BCUT2D eigenvalue weighted by Crippen LogP contribution is 2.31. The predicted molar refractivity (Wildman–Crippen MR) is 68.8 cm³/mol. The van der Waals surface area contributed by atoms with E-state index in [4.69, 9.17) is 28.3 Å². The molecule has 0 spiro atoms. The number of benzene rings is 2. The molecule has 0 fully saturated rings. The van der Waals surface area contributed by atoms with Gasteiger partial charge in [-0.15, -0.1) is 0 Å². The van der Waals surface area contributed by atoms with Crippen LogP contribution in [-0.2, 0) is 0 Å². The second kappa shape index (κ2) is 4.96. The minimum absolute atomic E-state index is 0.129. The van der Waals surface area contributed by atoms with Crippen LogP contribution >= 0.6 is 23.2 Å². The molecule has 2 nitrogen and oxygen atoms in total. The van der Waals surface area contributed by atoms with Crippen molar-refractivity contribution in [2.24, 2.45) is 0 Å². The summed E-state index contributed by atoms with van der Waals surface area (Å²) in [6, 6.07) is 8.28. The average Bonchev–Trinajstić information content (AvgIpc) is 2.27. The first kappa shape index (κ1) is 12.9. The van der Waals surface area contributed by atoms with Crippen molar-refractivity contribution in [1.82, 2.24) is 0 Å². The Morgan fingerprint density at radius 2 is 1.83 bits per heavy atom. The standard InChI is InChI=1S/C13H7Cl2FO2/c14-9-1-2-11(12(15)6-9)7-3-8(13(17)18)5-10(16)4-7/h1-6H,(H,17,18). The molecule has 0 saturated heterocycles. The molecule has 0 saturated carbocycles. The van der Waals surface area contributed by atoms with Crippen LogP contribution in [0.3, 0.4) is 0 Å². The summed E-state index contributed by atoms with van der Waals surface area (Å²) in [6.07, 6.45) is 0. The van der Waals surface area contributed by atoms with Gasteiger partial charge in [0.2, 0.25) is 0 Å². The maximum absolute atomic E-state index is 13.4. The van der Waals surface area contributed by atoms with E-state index in [2.05, 4.69) is 0 Å². The normalized spacial score (nSPS) is 10.4. The Hall–Kier alpha value is -1.58. The van der Waals surface area contributed by atoms with Crippen LogP contribution < -0.4 is 0 Å². The molecule has 0 aliphatic heterocycles. The van der Waals surface area contributed by atoms with E-state index in [0.717, 1.165) is 6.07 Å². The number of carboxylic acids is 1. The molecule has 5 heteroatoms. The van der Waals surface area contributed by atoms with Crippen molar-refractivity contribution in [2.75, 3.05) is 0 Å². The summed E-state index contributed by atoms with van der Waals surface area (Å²) in [4.78, 5) is 10.9. The Balaban J connectivity index is 2.60. The van der Waals surface area contributed by atoms with Crippen LogP contribution in [0.1, 0.15) is 10.4 Å². The highest BCUT2D eigenvalue weighted by molar-refractivity contribution is 6.36. The van der Waals surface area contributed by atoms with Gasteiger partial charge in [-0.3, -0.25) is 0 Å². The molecule has 1 N–H and O–H groups in total. The molecule has 0 heterocycles. The Labute approximate surface area is 113 Å². The van der Waals surface area contributed by atoms with Gasteiger partial charge in [0.25, 0.3) is 0 Å². The average molecular weight is 285 g/mol. The molecule has 0 unspecified atom stereocenters. The summed E-state index contributed by atoms with van der Waals surface area (Å²) in [6.45, 7) is 0.